The van der Waals surface area contributed by atoms with Crippen molar-refractivity contribution in [2.45, 2.75) is 20.3 Å². The van der Waals surface area contributed by atoms with Crippen molar-refractivity contribution in [2.75, 3.05) is 34.4 Å². The Hall–Kier alpha value is -2.44. The highest BCUT2D eigenvalue weighted by Crippen LogP contribution is 2.62. The molecule has 7 nitrogen and oxygen atoms in total. The smallest absolute Gasteiger partial charge is 0.257 e. The van der Waals surface area contributed by atoms with Crippen molar-refractivity contribution >= 4 is 11.8 Å². The molecule has 2 amide bonds. The molecule has 1 saturated heterocycles. The molecule has 2 atom stereocenters. The Morgan fingerprint density at radius 2 is 1.65 bits per heavy atom. The Balaban J connectivity index is 1.95. The Kier molecular flexibility index (Phi) is 4.29. The molecule has 2 N–H and O–H groups in total. The molecule has 3 rings (SSSR count). The number of likely N-dealkylation sites (tertiary alicyclic amines) is 1. The lowest BCUT2D eigenvalue weighted by Crippen LogP contribution is -2.59. The van der Waals surface area contributed by atoms with Crippen LogP contribution in [0.5, 0.6) is 17.2 Å². The first-order chi connectivity index (χ1) is 12.2. The van der Waals surface area contributed by atoms with Crippen molar-refractivity contribution in [1.82, 2.24) is 4.90 Å². The standard InChI is InChI=1S/C19H26N2O5/c1-18(2)9-19(17(20)23)10-21(8-15(18)19)16(22)11-6-13(25-4)14(26-5)7-12(11)24-3/h6-7,15H,8-10H2,1-5H3,(H2,20,23)/t15-,19+/m1/s1. The van der Waals surface area contributed by atoms with Crippen LogP contribution >= 0.6 is 0 Å². The van der Waals surface area contributed by atoms with E-state index in [1.165, 1.54) is 21.3 Å². The van der Waals surface area contributed by atoms with E-state index in [-0.39, 0.29) is 23.1 Å². The Morgan fingerprint density at radius 3 is 2.12 bits per heavy atom. The second-order valence-corrected chi connectivity index (χ2v) is 7.83. The first kappa shape index (κ1) is 18.4. The minimum Gasteiger partial charge on any atom is -0.496 e. The van der Waals surface area contributed by atoms with Crippen LogP contribution in [-0.4, -0.2) is 51.1 Å². The highest BCUT2D eigenvalue weighted by Gasteiger charge is 2.66. The molecule has 1 heterocycles. The zero-order valence-electron chi connectivity index (χ0n) is 15.9. The number of hydrogen-bond acceptors (Lipinski definition) is 5. The van der Waals surface area contributed by atoms with Gasteiger partial charge in [0.05, 0.1) is 32.3 Å². The number of nitrogens with two attached hydrogens (primary N) is 1. The zero-order chi connectivity index (χ0) is 19.3. The molecule has 0 aromatic heterocycles. The minimum atomic E-state index is -0.622. The lowest BCUT2D eigenvalue weighted by Gasteiger charge is -2.54. The van der Waals surface area contributed by atoms with E-state index >= 15 is 0 Å². The molecule has 2 aliphatic rings. The number of amides is 2. The summed E-state index contributed by atoms with van der Waals surface area (Å²) in [7, 11) is 4.54. The molecule has 1 aromatic rings. The van der Waals surface area contributed by atoms with E-state index in [2.05, 4.69) is 13.8 Å². The maximum absolute atomic E-state index is 13.2. The summed E-state index contributed by atoms with van der Waals surface area (Å²) in [5.74, 6) is 0.882. The van der Waals surface area contributed by atoms with Gasteiger partial charge in [0, 0.05) is 25.2 Å². The summed E-state index contributed by atoms with van der Waals surface area (Å²) in [5.41, 5.74) is 5.45. The summed E-state index contributed by atoms with van der Waals surface area (Å²) in [6.07, 6.45) is 0.701. The average Bonchev–Trinajstić information content (AvgIpc) is 2.96. The predicted molar refractivity (Wildman–Crippen MR) is 95.5 cm³/mol. The number of ether oxygens (including phenoxy) is 3. The Bertz CT molecular complexity index is 761. The van der Waals surface area contributed by atoms with Gasteiger partial charge in [-0.25, -0.2) is 0 Å². The number of carbonyl (C=O) groups is 2. The second-order valence-electron chi connectivity index (χ2n) is 7.83. The van der Waals surface area contributed by atoms with Gasteiger partial charge in [0.2, 0.25) is 5.91 Å². The number of carbonyl (C=O) groups excluding carboxylic acids is 2. The normalized spacial score (nSPS) is 25.9. The molecule has 26 heavy (non-hydrogen) atoms. The molecule has 142 valence electrons. The lowest BCUT2D eigenvalue weighted by molar-refractivity contribution is -0.148. The third-order valence-corrected chi connectivity index (χ3v) is 5.97. The van der Waals surface area contributed by atoms with E-state index in [9.17, 15) is 9.59 Å². The van der Waals surface area contributed by atoms with Crippen molar-refractivity contribution in [3.8, 4) is 17.2 Å². The number of nitrogens with zero attached hydrogens (tertiary/aromatic N) is 1. The van der Waals surface area contributed by atoms with E-state index in [1.807, 2.05) is 0 Å². The number of methoxy groups -OCH3 is 3. The first-order valence-electron chi connectivity index (χ1n) is 8.59. The van der Waals surface area contributed by atoms with Crippen molar-refractivity contribution in [3.05, 3.63) is 17.7 Å². The molecule has 1 aliphatic heterocycles. The Labute approximate surface area is 153 Å². The molecule has 0 unspecified atom stereocenters. The van der Waals surface area contributed by atoms with E-state index in [0.717, 1.165) is 0 Å². The summed E-state index contributed by atoms with van der Waals surface area (Å²) in [4.78, 5) is 27.0. The van der Waals surface area contributed by atoms with E-state index in [4.69, 9.17) is 19.9 Å². The molecular weight excluding hydrogens is 336 g/mol. The zero-order valence-corrected chi connectivity index (χ0v) is 15.9. The van der Waals surface area contributed by atoms with Crippen LogP contribution < -0.4 is 19.9 Å². The number of fused-ring (bicyclic) bond motifs is 1. The van der Waals surface area contributed by atoms with Crippen LogP contribution in [0.25, 0.3) is 0 Å². The van der Waals surface area contributed by atoms with E-state index < -0.39 is 5.41 Å². The van der Waals surface area contributed by atoms with Crippen LogP contribution in [0, 0.1) is 16.7 Å². The largest absolute Gasteiger partial charge is 0.496 e. The van der Waals surface area contributed by atoms with Crippen LogP contribution in [0.3, 0.4) is 0 Å². The summed E-state index contributed by atoms with van der Waals surface area (Å²) in [6.45, 7) is 5.08. The van der Waals surface area contributed by atoms with Crippen LogP contribution in [0.1, 0.15) is 30.6 Å². The monoisotopic (exact) mass is 362 g/mol. The Morgan fingerprint density at radius 1 is 1.08 bits per heavy atom. The van der Waals surface area contributed by atoms with Gasteiger partial charge < -0.3 is 24.8 Å². The third kappa shape index (κ3) is 2.48. The highest BCUT2D eigenvalue weighted by atomic mass is 16.5. The second kappa shape index (κ2) is 6.07. The van der Waals surface area contributed by atoms with Crippen LogP contribution in [0.15, 0.2) is 12.1 Å². The maximum atomic E-state index is 13.2. The molecule has 0 bridgehead atoms. The van der Waals surface area contributed by atoms with Gasteiger partial charge in [0.1, 0.15) is 5.75 Å². The minimum absolute atomic E-state index is 0.00819. The molecule has 1 aromatic carbocycles. The van der Waals surface area contributed by atoms with Crippen LogP contribution in [0.2, 0.25) is 0 Å². The fourth-order valence-electron chi connectivity index (χ4n) is 4.75. The molecule has 2 fully saturated rings. The highest BCUT2D eigenvalue weighted by molar-refractivity contribution is 5.99. The van der Waals surface area contributed by atoms with Gasteiger partial charge in [-0.1, -0.05) is 13.8 Å². The molecular formula is C19H26N2O5. The van der Waals surface area contributed by atoms with Gasteiger partial charge in [-0.15, -0.1) is 0 Å². The fourth-order valence-corrected chi connectivity index (χ4v) is 4.75. The van der Waals surface area contributed by atoms with Crippen LogP contribution in [0.4, 0.5) is 0 Å². The quantitative estimate of drug-likeness (QED) is 0.861. The van der Waals surface area contributed by atoms with Crippen LogP contribution in [-0.2, 0) is 4.79 Å². The van der Waals surface area contributed by atoms with Crippen molar-refractivity contribution in [3.63, 3.8) is 0 Å². The molecule has 0 spiro atoms. The number of primary amides is 1. The van der Waals surface area contributed by atoms with Gasteiger partial charge in [-0.3, -0.25) is 9.59 Å². The van der Waals surface area contributed by atoms with Gasteiger partial charge >= 0.3 is 0 Å². The van der Waals surface area contributed by atoms with Crippen molar-refractivity contribution < 1.29 is 23.8 Å². The summed E-state index contributed by atoms with van der Waals surface area (Å²) >= 11 is 0. The summed E-state index contributed by atoms with van der Waals surface area (Å²) < 4.78 is 16.0. The summed E-state index contributed by atoms with van der Waals surface area (Å²) in [6, 6.07) is 3.24. The molecule has 7 heteroatoms. The lowest BCUT2D eigenvalue weighted by atomic mass is 9.48. The topological polar surface area (TPSA) is 91.1 Å². The number of rotatable bonds is 5. The molecule has 1 aliphatic carbocycles. The van der Waals surface area contributed by atoms with Gasteiger partial charge in [-0.05, 0) is 17.8 Å². The predicted octanol–water partition coefficient (Wildman–Crippen LogP) is 1.69. The maximum Gasteiger partial charge on any atom is 0.257 e. The summed E-state index contributed by atoms with van der Waals surface area (Å²) in [5, 5.41) is 0. The number of benzene rings is 1. The SMILES string of the molecule is COc1cc(OC)c(C(=O)N2C[C@@H]3C(C)(C)C[C@]3(C(N)=O)C2)cc1OC. The fraction of sp³-hybridized carbons (Fsp3) is 0.579. The van der Waals surface area contributed by atoms with Crippen molar-refractivity contribution in [2.24, 2.45) is 22.5 Å². The van der Waals surface area contributed by atoms with E-state index in [0.29, 0.717) is 42.3 Å². The first-order valence-corrected chi connectivity index (χ1v) is 8.59. The van der Waals surface area contributed by atoms with Crippen molar-refractivity contribution in [1.29, 1.82) is 0 Å². The van der Waals surface area contributed by atoms with Gasteiger partial charge in [0.15, 0.2) is 11.5 Å². The average molecular weight is 362 g/mol. The van der Waals surface area contributed by atoms with Gasteiger partial charge in [-0.2, -0.15) is 0 Å². The molecule has 0 radical (unpaired) electrons. The third-order valence-electron chi connectivity index (χ3n) is 5.97. The van der Waals surface area contributed by atoms with Gasteiger partial charge in [0.25, 0.3) is 5.91 Å². The van der Waals surface area contributed by atoms with E-state index in [1.54, 1.807) is 17.0 Å². The number of hydrogen-bond donors (Lipinski definition) is 1. The molecule has 1 saturated carbocycles.